The highest BCUT2D eigenvalue weighted by Crippen LogP contribution is 2.13. The Kier molecular flexibility index (Phi) is 7.47. The van der Waals surface area contributed by atoms with Crippen molar-refractivity contribution in [1.82, 2.24) is 10.6 Å². The predicted molar refractivity (Wildman–Crippen MR) is 91.0 cm³/mol. The molecule has 2 aliphatic heterocycles. The maximum absolute atomic E-state index is 5.84. The fraction of sp³-hybridized carbons (Fsp3) is 0.667. The van der Waals surface area contributed by atoms with Crippen LogP contribution in [0.1, 0.15) is 11.1 Å². The molecule has 6 heteroatoms. The number of nitrogens with one attached hydrogen (secondary N) is 2. The molecule has 0 spiro atoms. The van der Waals surface area contributed by atoms with Gasteiger partial charge in [-0.15, -0.1) is 0 Å². The molecular weight excluding hydrogens is 308 g/mol. The fourth-order valence-electron chi connectivity index (χ4n) is 2.89. The van der Waals surface area contributed by atoms with E-state index in [1.807, 2.05) is 12.1 Å². The summed E-state index contributed by atoms with van der Waals surface area (Å²) in [6, 6.07) is 8.26. The highest BCUT2D eigenvalue weighted by molar-refractivity contribution is 5.25. The smallest absolute Gasteiger partial charge is 0.0933 e. The van der Waals surface area contributed by atoms with Gasteiger partial charge in [-0.05, 0) is 11.1 Å². The molecule has 0 aromatic heterocycles. The molecule has 0 saturated carbocycles. The number of ether oxygens (including phenoxy) is 4. The number of benzene rings is 1. The van der Waals surface area contributed by atoms with E-state index >= 15 is 0 Å². The van der Waals surface area contributed by atoms with Crippen LogP contribution in [0.5, 0.6) is 0 Å². The standard InChI is InChI=1S/C18H28N2O4/c1-2-4-16(12-22-14-18-10-20-6-8-24-18)15(3-1)11-21-13-17-9-19-5-7-23-17/h1-4,17-20H,5-14H2/t17-,18-/m0/s1. The van der Waals surface area contributed by atoms with Crippen molar-refractivity contribution in [2.24, 2.45) is 0 Å². The second kappa shape index (κ2) is 10.1. The van der Waals surface area contributed by atoms with Gasteiger partial charge in [-0.25, -0.2) is 0 Å². The van der Waals surface area contributed by atoms with Crippen LogP contribution in [0.15, 0.2) is 24.3 Å². The van der Waals surface area contributed by atoms with E-state index in [1.54, 1.807) is 0 Å². The molecule has 1 aromatic rings. The van der Waals surface area contributed by atoms with Gasteiger partial charge in [-0.3, -0.25) is 0 Å². The third-order valence-electron chi connectivity index (χ3n) is 4.25. The summed E-state index contributed by atoms with van der Waals surface area (Å²) >= 11 is 0. The highest BCUT2D eigenvalue weighted by Gasteiger charge is 2.15. The molecule has 2 heterocycles. The molecule has 0 aliphatic carbocycles. The summed E-state index contributed by atoms with van der Waals surface area (Å²) in [5.41, 5.74) is 2.34. The summed E-state index contributed by atoms with van der Waals surface area (Å²) < 4.78 is 23.0. The Balaban J connectivity index is 1.40. The minimum Gasteiger partial charge on any atom is -0.374 e. The lowest BCUT2D eigenvalue weighted by atomic mass is 10.1. The molecule has 2 aliphatic rings. The molecule has 2 saturated heterocycles. The Morgan fingerprint density at radius 3 is 1.75 bits per heavy atom. The number of rotatable bonds is 8. The molecule has 24 heavy (non-hydrogen) atoms. The first-order chi connectivity index (χ1) is 11.9. The number of hydrogen-bond donors (Lipinski definition) is 2. The van der Waals surface area contributed by atoms with Gasteiger partial charge in [-0.2, -0.15) is 0 Å². The van der Waals surface area contributed by atoms with Gasteiger partial charge in [0, 0.05) is 26.2 Å². The van der Waals surface area contributed by atoms with E-state index in [4.69, 9.17) is 18.9 Å². The van der Waals surface area contributed by atoms with Crippen LogP contribution in [0.2, 0.25) is 0 Å². The molecule has 6 nitrogen and oxygen atoms in total. The molecule has 2 atom stereocenters. The first kappa shape index (κ1) is 17.8. The summed E-state index contributed by atoms with van der Waals surface area (Å²) in [5, 5.41) is 6.62. The lowest BCUT2D eigenvalue weighted by Crippen LogP contribution is -2.41. The lowest BCUT2D eigenvalue weighted by molar-refractivity contribution is -0.0392. The molecule has 1 aromatic carbocycles. The fourth-order valence-corrected chi connectivity index (χ4v) is 2.89. The Labute approximate surface area is 143 Å². The van der Waals surface area contributed by atoms with Crippen LogP contribution < -0.4 is 10.6 Å². The van der Waals surface area contributed by atoms with Gasteiger partial charge in [-0.1, -0.05) is 24.3 Å². The van der Waals surface area contributed by atoms with Crippen LogP contribution in [-0.4, -0.2) is 64.8 Å². The van der Waals surface area contributed by atoms with Crippen molar-refractivity contribution in [3.8, 4) is 0 Å². The third kappa shape index (κ3) is 5.81. The summed E-state index contributed by atoms with van der Waals surface area (Å²) in [5.74, 6) is 0. The van der Waals surface area contributed by atoms with E-state index in [9.17, 15) is 0 Å². The Morgan fingerprint density at radius 2 is 1.33 bits per heavy atom. The van der Waals surface area contributed by atoms with Gasteiger partial charge in [0.15, 0.2) is 0 Å². The van der Waals surface area contributed by atoms with Gasteiger partial charge >= 0.3 is 0 Å². The minimum absolute atomic E-state index is 0.151. The third-order valence-corrected chi connectivity index (χ3v) is 4.25. The van der Waals surface area contributed by atoms with E-state index in [-0.39, 0.29) is 12.2 Å². The average Bonchev–Trinajstić information content (AvgIpc) is 2.65. The Bertz CT molecular complexity index is 431. The summed E-state index contributed by atoms with van der Waals surface area (Å²) in [7, 11) is 0. The van der Waals surface area contributed by atoms with Crippen LogP contribution in [-0.2, 0) is 32.2 Å². The van der Waals surface area contributed by atoms with Crippen LogP contribution in [0.4, 0.5) is 0 Å². The number of hydrogen-bond acceptors (Lipinski definition) is 6. The number of morpholine rings is 2. The highest BCUT2D eigenvalue weighted by atomic mass is 16.5. The van der Waals surface area contributed by atoms with Gasteiger partial charge in [0.2, 0.25) is 0 Å². The van der Waals surface area contributed by atoms with Gasteiger partial charge < -0.3 is 29.6 Å². The minimum atomic E-state index is 0.151. The summed E-state index contributed by atoms with van der Waals surface area (Å²) in [6.07, 6.45) is 0.302. The molecule has 0 unspecified atom stereocenters. The molecule has 0 radical (unpaired) electrons. The van der Waals surface area contributed by atoms with Crippen LogP contribution in [0.3, 0.4) is 0 Å². The molecule has 0 bridgehead atoms. The first-order valence-corrected chi connectivity index (χ1v) is 8.79. The lowest BCUT2D eigenvalue weighted by Gasteiger charge is -2.24. The second-order valence-electron chi connectivity index (χ2n) is 6.19. The van der Waals surface area contributed by atoms with Gasteiger partial charge in [0.05, 0.1) is 51.8 Å². The zero-order valence-corrected chi connectivity index (χ0v) is 14.2. The molecule has 2 fully saturated rings. The van der Waals surface area contributed by atoms with Crippen molar-refractivity contribution in [2.75, 3.05) is 52.6 Å². The van der Waals surface area contributed by atoms with Crippen molar-refractivity contribution in [2.45, 2.75) is 25.4 Å². The quantitative estimate of drug-likeness (QED) is 0.729. The Morgan fingerprint density at radius 1 is 0.833 bits per heavy atom. The summed E-state index contributed by atoms with van der Waals surface area (Å²) in [4.78, 5) is 0. The maximum atomic E-state index is 5.84. The van der Waals surface area contributed by atoms with Crippen molar-refractivity contribution in [3.05, 3.63) is 35.4 Å². The molecule has 134 valence electrons. The van der Waals surface area contributed by atoms with Crippen molar-refractivity contribution in [1.29, 1.82) is 0 Å². The zero-order valence-electron chi connectivity index (χ0n) is 14.2. The molecular formula is C18H28N2O4. The van der Waals surface area contributed by atoms with Crippen molar-refractivity contribution in [3.63, 3.8) is 0 Å². The normalized spacial score (nSPS) is 24.8. The second-order valence-corrected chi connectivity index (χ2v) is 6.19. The van der Waals surface area contributed by atoms with E-state index in [0.29, 0.717) is 26.4 Å². The van der Waals surface area contributed by atoms with Crippen LogP contribution in [0, 0.1) is 0 Å². The van der Waals surface area contributed by atoms with E-state index in [2.05, 4.69) is 22.8 Å². The monoisotopic (exact) mass is 336 g/mol. The van der Waals surface area contributed by atoms with Crippen LogP contribution in [0.25, 0.3) is 0 Å². The van der Waals surface area contributed by atoms with Crippen LogP contribution >= 0.6 is 0 Å². The maximum Gasteiger partial charge on any atom is 0.0933 e. The SMILES string of the molecule is c1ccc(COC[C@@H]2CNCCO2)c(COC[C@@H]2CNCCO2)c1. The molecule has 0 amide bonds. The molecule has 2 N–H and O–H groups in total. The van der Waals surface area contributed by atoms with E-state index in [1.165, 1.54) is 11.1 Å². The van der Waals surface area contributed by atoms with Crippen molar-refractivity contribution < 1.29 is 18.9 Å². The van der Waals surface area contributed by atoms with Gasteiger partial charge in [0.25, 0.3) is 0 Å². The molecule has 3 rings (SSSR count). The van der Waals surface area contributed by atoms with Crippen molar-refractivity contribution >= 4 is 0 Å². The zero-order chi connectivity index (χ0) is 16.5. The first-order valence-electron chi connectivity index (χ1n) is 8.79. The summed E-state index contributed by atoms with van der Waals surface area (Å²) in [6.45, 7) is 7.50. The topological polar surface area (TPSA) is 61.0 Å². The van der Waals surface area contributed by atoms with E-state index in [0.717, 1.165) is 39.4 Å². The average molecular weight is 336 g/mol. The van der Waals surface area contributed by atoms with Gasteiger partial charge in [0.1, 0.15) is 0 Å². The predicted octanol–water partition coefficient (Wildman–Crippen LogP) is 0.697. The van der Waals surface area contributed by atoms with E-state index < -0.39 is 0 Å². The largest absolute Gasteiger partial charge is 0.374 e. The Hall–Kier alpha value is -1.02.